The van der Waals surface area contributed by atoms with Gasteiger partial charge in [0.05, 0.1) is 93.0 Å². The van der Waals surface area contributed by atoms with Gasteiger partial charge in [-0.25, -0.2) is 0 Å². The van der Waals surface area contributed by atoms with Crippen LogP contribution in [0.5, 0.6) is 0 Å². The van der Waals surface area contributed by atoms with Crippen LogP contribution in [0, 0.1) is 40.5 Å². The second-order valence-corrected chi connectivity index (χ2v) is 8.95. The quantitative estimate of drug-likeness (QED) is 0.0928. The standard InChI is InChI=1S/2C7H4N2O6.2C7H9NO2.Ni/c2*10-7(11)4-1-5(8(12)13)3-6(2-4)9(14)15;2*9-4-6-2-1-3-7(5-10)8-6;/h2*1-3H,(H,10,11);2*1-3,9-10H,4-5H2;/q;;;;+2/p-2. The van der Waals surface area contributed by atoms with Crippen molar-refractivity contribution in [3.8, 4) is 0 Å². The number of nitro groups is 4. The molecule has 0 bridgehead atoms. The SMILES string of the molecule is O=C([O-])c1cc([N+](=O)[O-])cc([N+](=O)[O-])c1.O=C([O-])c1cc([N+](=O)[O-])cc([N+](=O)[O-])c1.OCc1cccc(CO)n1.OCc1cccc(CO)n1.[Ni+2]. The van der Waals surface area contributed by atoms with Crippen LogP contribution in [0.25, 0.3) is 0 Å². The molecule has 51 heavy (non-hydrogen) atoms. The van der Waals surface area contributed by atoms with Gasteiger partial charge in [0.25, 0.3) is 22.7 Å². The number of rotatable bonds is 10. The van der Waals surface area contributed by atoms with Gasteiger partial charge in [-0.3, -0.25) is 50.4 Å². The molecule has 0 amide bonds. The number of pyridine rings is 2. The van der Waals surface area contributed by atoms with Gasteiger partial charge in [0.1, 0.15) is 0 Å². The fourth-order valence-electron chi connectivity index (χ4n) is 3.26. The van der Waals surface area contributed by atoms with E-state index in [0.717, 1.165) is 0 Å². The molecule has 22 nitrogen and oxygen atoms in total. The molecule has 2 aromatic carbocycles. The van der Waals surface area contributed by atoms with E-state index < -0.39 is 65.5 Å². The third-order valence-electron chi connectivity index (χ3n) is 5.50. The van der Waals surface area contributed by atoms with Crippen LogP contribution < -0.4 is 10.2 Å². The molecule has 0 saturated heterocycles. The van der Waals surface area contributed by atoms with Crippen LogP contribution >= 0.6 is 0 Å². The number of carboxylic acids is 2. The number of benzene rings is 2. The topological polar surface area (TPSA) is 360 Å². The Hall–Kier alpha value is -6.39. The van der Waals surface area contributed by atoms with Gasteiger partial charge in [0.15, 0.2) is 0 Å². The summed E-state index contributed by atoms with van der Waals surface area (Å²) in [4.78, 5) is 66.2. The number of aromatic carboxylic acids is 2. The van der Waals surface area contributed by atoms with Crippen molar-refractivity contribution in [1.29, 1.82) is 0 Å². The average Bonchev–Trinajstić information content (AvgIpc) is 3.11. The van der Waals surface area contributed by atoms with E-state index in [2.05, 4.69) is 9.97 Å². The van der Waals surface area contributed by atoms with Crippen molar-refractivity contribution >= 4 is 34.7 Å². The van der Waals surface area contributed by atoms with Crippen molar-refractivity contribution in [2.75, 3.05) is 0 Å². The molecule has 4 rings (SSSR count). The van der Waals surface area contributed by atoms with Crippen LogP contribution in [-0.2, 0) is 42.9 Å². The Morgan fingerprint density at radius 1 is 0.490 bits per heavy atom. The van der Waals surface area contributed by atoms with Crippen LogP contribution in [0.2, 0.25) is 0 Å². The number of hydrogen-bond acceptors (Lipinski definition) is 18. The molecule has 0 aliphatic heterocycles. The number of nitro benzene ring substituents is 4. The molecule has 272 valence electrons. The summed E-state index contributed by atoms with van der Waals surface area (Å²) in [5.74, 6) is -3.41. The van der Waals surface area contributed by atoms with Crippen molar-refractivity contribution in [2.45, 2.75) is 26.4 Å². The summed E-state index contributed by atoms with van der Waals surface area (Å²) in [5, 5.41) is 96.5. The number of aliphatic hydroxyl groups is 4. The van der Waals surface area contributed by atoms with E-state index >= 15 is 0 Å². The molecule has 0 fully saturated rings. The molecular weight excluding hydrogens is 735 g/mol. The maximum atomic E-state index is 10.4. The van der Waals surface area contributed by atoms with Gasteiger partial charge in [-0.1, -0.05) is 12.1 Å². The van der Waals surface area contributed by atoms with Gasteiger partial charge < -0.3 is 40.2 Å². The van der Waals surface area contributed by atoms with E-state index in [9.17, 15) is 60.3 Å². The Morgan fingerprint density at radius 3 is 0.863 bits per heavy atom. The van der Waals surface area contributed by atoms with Crippen LogP contribution in [0.1, 0.15) is 43.5 Å². The van der Waals surface area contributed by atoms with Crippen LogP contribution in [0.3, 0.4) is 0 Å². The van der Waals surface area contributed by atoms with Crippen molar-refractivity contribution in [3.63, 3.8) is 0 Å². The third kappa shape index (κ3) is 15.6. The molecule has 0 spiro atoms. The minimum Gasteiger partial charge on any atom is -0.545 e. The van der Waals surface area contributed by atoms with Gasteiger partial charge in [-0.2, -0.15) is 0 Å². The summed E-state index contributed by atoms with van der Waals surface area (Å²) in [6.07, 6.45) is 0. The smallest absolute Gasteiger partial charge is 0.545 e. The minimum atomic E-state index is -1.71. The maximum absolute atomic E-state index is 10.4. The van der Waals surface area contributed by atoms with Gasteiger partial charge in [0.2, 0.25) is 0 Å². The summed E-state index contributed by atoms with van der Waals surface area (Å²) >= 11 is 0. The largest absolute Gasteiger partial charge is 2.00 e. The fourth-order valence-corrected chi connectivity index (χ4v) is 3.26. The van der Waals surface area contributed by atoms with Crippen molar-refractivity contribution in [3.05, 3.63) is 147 Å². The van der Waals surface area contributed by atoms with E-state index in [4.69, 9.17) is 20.4 Å². The number of non-ortho nitro benzene ring substituents is 4. The Bertz CT molecular complexity index is 1530. The van der Waals surface area contributed by atoms with Gasteiger partial charge in [-0.15, -0.1) is 0 Å². The molecule has 2 aromatic heterocycles. The monoisotopic (exact) mass is 758 g/mol. The summed E-state index contributed by atoms with van der Waals surface area (Å²) in [7, 11) is 0. The predicted octanol–water partition coefficient (Wildman–Crippen LogP) is -0.137. The third-order valence-corrected chi connectivity index (χ3v) is 5.50. The molecular formula is C28H24N6NiO16. The van der Waals surface area contributed by atoms with Crippen LogP contribution in [0.4, 0.5) is 22.7 Å². The Kier molecular flexibility index (Phi) is 19.5. The first-order valence-electron chi connectivity index (χ1n) is 13.2. The van der Waals surface area contributed by atoms with Crippen LogP contribution in [0.15, 0.2) is 72.8 Å². The number of nitrogens with zero attached hydrogens (tertiary/aromatic N) is 6. The zero-order valence-corrected chi connectivity index (χ0v) is 26.4. The Morgan fingerprint density at radius 2 is 0.706 bits per heavy atom. The zero-order valence-electron chi connectivity index (χ0n) is 25.4. The van der Waals surface area contributed by atoms with Crippen LogP contribution in [-0.4, -0.2) is 62.0 Å². The van der Waals surface area contributed by atoms with Crippen molar-refractivity contribution in [2.24, 2.45) is 0 Å². The summed E-state index contributed by atoms with van der Waals surface area (Å²) < 4.78 is 0. The fraction of sp³-hybridized carbons (Fsp3) is 0.143. The van der Waals surface area contributed by atoms with Gasteiger partial charge in [0, 0.05) is 35.4 Å². The molecule has 2 heterocycles. The maximum Gasteiger partial charge on any atom is 2.00 e. The number of aliphatic hydroxyl groups excluding tert-OH is 4. The summed E-state index contributed by atoms with van der Waals surface area (Å²) in [5.41, 5.74) is -1.50. The molecule has 4 N–H and O–H groups in total. The number of carbonyl (C=O) groups is 2. The number of carboxylic acid groups (broad SMARTS) is 2. The van der Waals surface area contributed by atoms with E-state index in [1.54, 1.807) is 36.4 Å². The molecule has 0 aliphatic carbocycles. The summed E-state index contributed by atoms with van der Waals surface area (Å²) in [6.45, 7) is -0.302. The number of aromatic nitrogens is 2. The van der Waals surface area contributed by atoms with Gasteiger partial charge >= 0.3 is 16.5 Å². The molecule has 4 aromatic rings. The predicted molar refractivity (Wildman–Crippen MR) is 160 cm³/mol. The summed E-state index contributed by atoms with van der Waals surface area (Å²) in [6, 6.07) is 14.5. The van der Waals surface area contributed by atoms with E-state index in [1.807, 2.05) is 0 Å². The molecule has 23 heteroatoms. The first-order chi connectivity index (χ1) is 23.6. The number of hydrogen-bond donors (Lipinski definition) is 4. The second-order valence-electron chi connectivity index (χ2n) is 8.95. The molecule has 0 atom stereocenters. The minimum absolute atomic E-state index is 0. The average molecular weight is 759 g/mol. The molecule has 0 unspecified atom stereocenters. The van der Waals surface area contributed by atoms with E-state index in [0.29, 0.717) is 59.2 Å². The van der Waals surface area contributed by atoms with Gasteiger partial charge in [-0.05, 0) is 24.3 Å². The van der Waals surface area contributed by atoms with Crippen molar-refractivity contribution < 1.29 is 76.4 Å². The number of carbonyl (C=O) groups excluding carboxylic acids is 2. The molecule has 0 saturated carbocycles. The zero-order chi connectivity index (χ0) is 38.0. The van der Waals surface area contributed by atoms with Crippen molar-refractivity contribution in [1.82, 2.24) is 9.97 Å². The van der Waals surface area contributed by atoms with E-state index in [1.165, 1.54) is 0 Å². The second kappa shape index (κ2) is 22.3. The van der Waals surface area contributed by atoms with E-state index in [-0.39, 0.29) is 42.9 Å². The first-order valence-corrected chi connectivity index (χ1v) is 13.2. The normalized spacial score (nSPS) is 9.49. The first kappa shape index (κ1) is 44.6. The Labute approximate surface area is 294 Å². The molecule has 0 radical (unpaired) electrons. The molecule has 0 aliphatic rings. The Balaban J connectivity index is 0.000000661.